The minimum atomic E-state index is -0.446. The topological polar surface area (TPSA) is 59.6 Å². The van der Waals surface area contributed by atoms with E-state index in [1.165, 1.54) is 11.3 Å². The number of hydrogen-bond donors (Lipinski definition) is 2. The van der Waals surface area contributed by atoms with Gasteiger partial charge >= 0.3 is 6.09 Å². The molecule has 100 valence electrons. The van der Waals surface area contributed by atoms with E-state index in [2.05, 4.69) is 10.6 Å². The van der Waals surface area contributed by atoms with Gasteiger partial charge in [0, 0.05) is 25.7 Å². The Hall–Kier alpha value is -0.820. The van der Waals surface area contributed by atoms with E-state index in [0.29, 0.717) is 16.0 Å². The van der Waals surface area contributed by atoms with E-state index in [1.54, 1.807) is 19.2 Å². The molecule has 1 fully saturated rings. The summed E-state index contributed by atoms with van der Waals surface area (Å²) in [6.07, 6.45) is 0.395. The van der Waals surface area contributed by atoms with Gasteiger partial charge in [0.1, 0.15) is 0 Å². The van der Waals surface area contributed by atoms with Gasteiger partial charge in [-0.15, -0.1) is 0 Å². The van der Waals surface area contributed by atoms with Crippen molar-refractivity contribution >= 4 is 29.0 Å². The largest absolute Gasteiger partial charge is 0.413 e. The Kier molecular flexibility index (Phi) is 4.82. The number of carbonyl (C=O) groups excluding carboxylic acids is 1. The third-order valence-corrected chi connectivity index (χ3v) is 3.76. The highest BCUT2D eigenvalue weighted by Crippen LogP contribution is 2.28. The van der Waals surface area contributed by atoms with Crippen molar-refractivity contribution in [3.8, 4) is 5.06 Å². The fourth-order valence-corrected chi connectivity index (χ4v) is 2.77. The van der Waals surface area contributed by atoms with E-state index in [4.69, 9.17) is 21.1 Å². The van der Waals surface area contributed by atoms with Gasteiger partial charge in [-0.1, -0.05) is 22.9 Å². The van der Waals surface area contributed by atoms with Gasteiger partial charge in [-0.05, 0) is 18.6 Å². The molecule has 0 bridgehead atoms. The number of amides is 1. The van der Waals surface area contributed by atoms with Crippen LogP contribution in [-0.2, 0) is 4.74 Å². The number of nitrogens with one attached hydrogen (secondary N) is 2. The number of rotatable bonds is 4. The van der Waals surface area contributed by atoms with Gasteiger partial charge < -0.3 is 20.1 Å². The molecule has 7 heteroatoms. The maximum atomic E-state index is 11.6. The molecule has 2 rings (SSSR count). The van der Waals surface area contributed by atoms with E-state index >= 15 is 0 Å². The maximum Gasteiger partial charge on any atom is 0.413 e. The Morgan fingerprint density at radius 2 is 2.50 bits per heavy atom. The highest BCUT2D eigenvalue weighted by atomic mass is 35.5. The Balaban J connectivity index is 1.75. The molecular formula is C11H15ClN2O3S. The third kappa shape index (κ3) is 3.84. The summed E-state index contributed by atoms with van der Waals surface area (Å²) in [7, 11) is 1.66. The molecule has 1 aromatic heterocycles. The molecule has 0 aliphatic carbocycles. The Morgan fingerprint density at radius 1 is 1.67 bits per heavy atom. The molecule has 0 saturated carbocycles. The quantitative estimate of drug-likeness (QED) is 0.889. The zero-order valence-electron chi connectivity index (χ0n) is 9.94. The first-order valence-electron chi connectivity index (χ1n) is 5.63. The molecule has 0 spiro atoms. The van der Waals surface area contributed by atoms with Gasteiger partial charge in [0.2, 0.25) is 0 Å². The van der Waals surface area contributed by atoms with E-state index in [1.807, 2.05) is 0 Å². The first-order valence-corrected chi connectivity index (χ1v) is 6.83. The molecule has 1 aliphatic rings. The fourth-order valence-electron chi connectivity index (χ4n) is 1.90. The normalized spacial score (nSPS) is 23.0. The first-order chi connectivity index (χ1) is 8.67. The summed E-state index contributed by atoms with van der Waals surface area (Å²) in [6, 6.07) is 3.73. The minimum absolute atomic E-state index is 0.0769. The molecule has 2 heterocycles. The standard InChI is InChI=1S/C11H15ClN2O3S/c1-16-6-8-4-7(5-13-8)14-11(15)17-10-3-2-9(12)18-10/h2-3,7-8,13H,4-6H2,1H3,(H,14,15)/t7-,8+/m1/s1. The van der Waals surface area contributed by atoms with Crippen molar-refractivity contribution in [3.63, 3.8) is 0 Å². The summed E-state index contributed by atoms with van der Waals surface area (Å²) in [6.45, 7) is 1.38. The molecular weight excluding hydrogens is 276 g/mol. The summed E-state index contributed by atoms with van der Waals surface area (Å²) in [5.74, 6) is 0. The fraction of sp³-hybridized carbons (Fsp3) is 0.545. The molecule has 0 radical (unpaired) electrons. The SMILES string of the molecule is COC[C@@H]1C[C@@H](NC(=O)Oc2ccc(Cl)s2)CN1. The third-order valence-electron chi connectivity index (χ3n) is 2.65. The molecule has 1 aliphatic heterocycles. The molecule has 18 heavy (non-hydrogen) atoms. The van der Waals surface area contributed by atoms with Crippen molar-refractivity contribution in [2.24, 2.45) is 0 Å². The Bertz CT molecular complexity index is 413. The monoisotopic (exact) mass is 290 g/mol. The number of thiophene rings is 1. The van der Waals surface area contributed by atoms with Gasteiger partial charge in [-0.2, -0.15) is 0 Å². The van der Waals surface area contributed by atoms with Gasteiger partial charge in [0.25, 0.3) is 0 Å². The van der Waals surface area contributed by atoms with Crippen molar-refractivity contribution in [2.75, 3.05) is 20.3 Å². The number of halogens is 1. The van der Waals surface area contributed by atoms with Crippen LogP contribution in [0.2, 0.25) is 4.34 Å². The second-order valence-corrected chi connectivity index (χ2v) is 5.76. The van der Waals surface area contributed by atoms with Crippen LogP contribution in [0.25, 0.3) is 0 Å². The summed E-state index contributed by atoms with van der Waals surface area (Å²) in [5.41, 5.74) is 0. The van der Waals surface area contributed by atoms with E-state index in [-0.39, 0.29) is 12.1 Å². The van der Waals surface area contributed by atoms with Crippen LogP contribution in [0.3, 0.4) is 0 Å². The Morgan fingerprint density at radius 3 is 3.17 bits per heavy atom. The molecule has 1 aromatic rings. The number of hydrogen-bond acceptors (Lipinski definition) is 5. The van der Waals surface area contributed by atoms with Crippen molar-refractivity contribution in [2.45, 2.75) is 18.5 Å². The lowest BCUT2D eigenvalue weighted by Gasteiger charge is -2.11. The van der Waals surface area contributed by atoms with Gasteiger partial charge in [0.05, 0.1) is 10.9 Å². The van der Waals surface area contributed by atoms with Gasteiger partial charge in [-0.25, -0.2) is 4.79 Å². The minimum Gasteiger partial charge on any atom is -0.399 e. The second kappa shape index (κ2) is 6.38. The molecule has 5 nitrogen and oxygen atoms in total. The summed E-state index contributed by atoms with van der Waals surface area (Å²) < 4.78 is 10.8. The maximum absolute atomic E-state index is 11.6. The van der Waals surface area contributed by atoms with Crippen LogP contribution in [0.5, 0.6) is 5.06 Å². The van der Waals surface area contributed by atoms with Crippen LogP contribution >= 0.6 is 22.9 Å². The molecule has 1 amide bonds. The molecule has 1 saturated heterocycles. The van der Waals surface area contributed by atoms with E-state index in [0.717, 1.165) is 13.0 Å². The average Bonchev–Trinajstić information content (AvgIpc) is 2.89. The average molecular weight is 291 g/mol. The van der Waals surface area contributed by atoms with Crippen LogP contribution in [0.15, 0.2) is 12.1 Å². The first kappa shape index (κ1) is 13.6. The van der Waals surface area contributed by atoms with Crippen molar-refractivity contribution in [1.29, 1.82) is 0 Å². The molecule has 0 aromatic carbocycles. The number of ether oxygens (including phenoxy) is 2. The van der Waals surface area contributed by atoms with E-state index < -0.39 is 6.09 Å². The van der Waals surface area contributed by atoms with Crippen LogP contribution in [0.4, 0.5) is 4.79 Å². The van der Waals surface area contributed by atoms with Crippen LogP contribution in [0.1, 0.15) is 6.42 Å². The zero-order valence-corrected chi connectivity index (χ0v) is 11.5. The number of carbonyl (C=O) groups is 1. The van der Waals surface area contributed by atoms with Crippen molar-refractivity contribution in [1.82, 2.24) is 10.6 Å². The lowest BCUT2D eigenvalue weighted by molar-refractivity contribution is 0.172. The lowest BCUT2D eigenvalue weighted by atomic mass is 10.2. The van der Waals surface area contributed by atoms with Crippen molar-refractivity contribution in [3.05, 3.63) is 16.5 Å². The predicted octanol–water partition coefficient (Wildman–Crippen LogP) is 1.87. The smallest absolute Gasteiger partial charge is 0.399 e. The highest BCUT2D eigenvalue weighted by Gasteiger charge is 2.25. The van der Waals surface area contributed by atoms with Crippen LogP contribution in [-0.4, -0.2) is 38.4 Å². The Labute approximate surface area is 114 Å². The van der Waals surface area contributed by atoms with Crippen LogP contribution in [0, 0.1) is 0 Å². The van der Waals surface area contributed by atoms with Crippen LogP contribution < -0.4 is 15.4 Å². The summed E-state index contributed by atoms with van der Waals surface area (Å²) >= 11 is 6.98. The zero-order chi connectivity index (χ0) is 13.0. The molecule has 2 N–H and O–H groups in total. The van der Waals surface area contributed by atoms with E-state index in [9.17, 15) is 4.79 Å². The number of methoxy groups -OCH3 is 1. The van der Waals surface area contributed by atoms with Gasteiger partial charge in [-0.3, -0.25) is 0 Å². The summed E-state index contributed by atoms with van der Waals surface area (Å²) in [5, 5.41) is 6.57. The second-order valence-electron chi connectivity index (χ2n) is 4.09. The van der Waals surface area contributed by atoms with Gasteiger partial charge in [0.15, 0.2) is 5.06 Å². The lowest BCUT2D eigenvalue weighted by Crippen LogP contribution is -2.37. The highest BCUT2D eigenvalue weighted by molar-refractivity contribution is 7.17. The molecule has 2 atom stereocenters. The predicted molar refractivity (Wildman–Crippen MR) is 70.6 cm³/mol. The molecule has 0 unspecified atom stereocenters. The van der Waals surface area contributed by atoms with Crippen molar-refractivity contribution < 1.29 is 14.3 Å². The summed E-state index contributed by atoms with van der Waals surface area (Å²) in [4.78, 5) is 11.6.